The fraction of sp³-hybridized carbons (Fsp3) is 0.500. The molecule has 2 aliphatic heterocycles. The van der Waals surface area contributed by atoms with Crippen LogP contribution in [0.4, 0.5) is 5.69 Å². The lowest BCUT2D eigenvalue weighted by molar-refractivity contribution is 0.357. The summed E-state index contributed by atoms with van der Waals surface area (Å²) in [6.07, 6.45) is 1.05. The average Bonchev–Trinajstić information content (AvgIpc) is 2.62. The first-order valence-electron chi connectivity index (χ1n) is 5.62. The van der Waals surface area contributed by atoms with Gasteiger partial charge in [0.1, 0.15) is 5.75 Å². The van der Waals surface area contributed by atoms with E-state index < -0.39 is 0 Å². The van der Waals surface area contributed by atoms with Crippen molar-refractivity contribution in [2.24, 2.45) is 5.92 Å². The maximum Gasteiger partial charge on any atom is 0.122 e. The van der Waals surface area contributed by atoms with E-state index in [4.69, 9.17) is 4.74 Å². The van der Waals surface area contributed by atoms with Gasteiger partial charge < -0.3 is 15.4 Å². The normalized spacial score (nSPS) is 19.2. The molecule has 2 aliphatic rings. The summed E-state index contributed by atoms with van der Waals surface area (Å²) in [7, 11) is 0. The number of fused-ring (bicyclic) bond motifs is 1. The van der Waals surface area contributed by atoms with Crippen LogP contribution in [0.1, 0.15) is 5.56 Å². The number of hydrogen-bond acceptors (Lipinski definition) is 3. The summed E-state index contributed by atoms with van der Waals surface area (Å²) >= 11 is 0. The largest absolute Gasteiger partial charge is 0.493 e. The fourth-order valence-electron chi connectivity index (χ4n) is 2.05. The topological polar surface area (TPSA) is 33.3 Å². The number of benzene rings is 1. The Bertz CT molecular complexity index is 361. The number of anilines is 1. The molecule has 80 valence electrons. The molecule has 0 spiro atoms. The molecule has 2 N–H and O–H groups in total. The lowest BCUT2D eigenvalue weighted by atomic mass is 10.0. The van der Waals surface area contributed by atoms with Gasteiger partial charge in [-0.25, -0.2) is 0 Å². The van der Waals surface area contributed by atoms with Gasteiger partial charge in [0.25, 0.3) is 0 Å². The first kappa shape index (κ1) is 9.04. The quantitative estimate of drug-likeness (QED) is 0.777. The van der Waals surface area contributed by atoms with Gasteiger partial charge in [-0.2, -0.15) is 0 Å². The van der Waals surface area contributed by atoms with Gasteiger partial charge in [-0.15, -0.1) is 0 Å². The molecule has 0 unspecified atom stereocenters. The van der Waals surface area contributed by atoms with Gasteiger partial charge in [0, 0.05) is 37.7 Å². The van der Waals surface area contributed by atoms with E-state index in [1.165, 1.54) is 11.3 Å². The minimum Gasteiger partial charge on any atom is -0.493 e. The molecular formula is C12H16N2O. The molecule has 1 aromatic carbocycles. The Morgan fingerprint density at radius 2 is 2.33 bits per heavy atom. The lowest BCUT2D eigenvalue weighted by Gasteiger charge is -2.27. The fourth-order valence-corrected chi connectivity index (χ4v) is 2.05. The molecule has 0 aliphatic carbocycles. The zero-order chi connectivity index (χ0) is 10.1. The van der Waals surface area contributed by atoms with Gasteiger partial charge in [-0.05, 0) is 23.8 Å². The summed E-state index contributed by atoms with van der Waals surface area (Å²) in [6.45, 7) is 4.22. The van der Waals surface area contributed by atoms with Crippen molar-refractivity contribution in [2.75, 3.05) is 31.6 Å². The van der Waals surface area contributed by atoms with E-state index in [1.807, 2.05) is 0 Å². The van der Waals surface area contributed by atoms with Crippen LogP contribution in [-0.2, 0) is 6.42 Å². The Morgan fingerprint density at radius 1 is 1.40 bits per heavy atom. The summed E-state index contributed by atoms with van der Waals surface area (Å²) in [6, 6.07) is 6.40. The van der Waals surface area contributed by atoms with Crippen molar-refractivity contribution in [2.45, 2.75) is 6.42 Å². The highest BCUT2D eigenvalue weighted by molar-refractivity contribution is 5.52. The van der Waals surface area contributed by atoms with Gasteiger partial charge in [-0.3, -0.25) is 0 Å². The van der Waals surface area contributed by atoms with Crippen LogP contribution in [0.5, 0.6) is 5.75 Å². The molecule has 1 fully saturated rings. The van der Waals surface area contributed by atoms with Gasteiger partial charge in [0.2, 0.25) is 0 Å². The zero-order valence-electron chi connectivity index (χ0n) is 8.75. The van der Waals surface area contributed by atoms with Crippen LogP contribution in [0.3, 0.4) is 0 Å². The molecular weight excluding hydrogens is 188 g/mol. The Kier molecular flexibility index (Phi) is 2.25. The van der Waals surface area contributed by atoms with Gasteiger partial charge in [-0.1, -0.05) is 0 Å². The summed E-state index contributed by atoms with van der Waals surface area (Å²) in [5.41, 5.74) is 2.57. The van der Waals surface area contributed by atoms with E-state index in [-0.39, 0.29) is 0 Å². The highest BCUT2D eigenvalue weighted by Gasteiger charge is 2.16. The number of ether oxygens (including phenoxy) is 1. The van der Waals surface area contributed by atoms with Crippen molar-refractivity contribution >= 4 is 5.69 Å². The second-order valence-electron chi connectivity index (χ2n) is 4.33. The van der Waals surface area contributed by atoms with Crippen LogP contribution in [0.15, 0.2) is 18.2 Å². The van der Waals surface area contributed by atoms with Crippen LogP contribution in [-0.4, -0.2) is 26.2 Å². The number of hydrogen-bond donors (Lipinski definition) is 2. The van der Waals surface area contributed by atoms with E-state index in [0.717, 1.165) is 44.3 Å². The molecule has 0 radical (unpaired) electrons. The highest BCUT2D eigenvalue weighted by atomic mass is 16.5. The Balaban J connectivity index is 1.64. The predicted octanol–water partition coefficient (Wildman–Crippen LogP) is 1.25. The van der Waals surface area contributed by atoms with E-state index >= 15 is 0 Å². The molecule has 3 nitrogen and oxygen atoms in total. The third-order valence-corrected chi connectivity index (χ3v) is 3.15. The molecule has 2 heterocycles. The third kappa shape index (κ3) is 1.79. The summed E-state index contributed by atoms with van der Waals surface area (Å²) in [5, 5.41) is 6.76. The molecule has 0 atom stereocenters. The molecule has 0 aromatic heterocycles. The van der Waals surface area contributed by atoms with Crippen molar-refractivity contribution in [3.63, 3.8) is 0 Å². The van der Waals surface area contributed by atoms with Crippen LogP contribution in [0, 0.1) is 5.92 Å². The van der Waals surface area contributed by atoms with E-state index in [1.54, 1.807) is 0 Å². The average molecular weight is 204 g/mol. The molecule has 3 rings (SSSR count). The van der Waals surface area contributed by atoms with Gasteiger partial charge in [0.15, 0.2) is 0 Å². The standard InChI is InChI=1S/C12H16N2O/c1-2-12-10(3-4-15-12)5-11(1)14-8-9-6-13-7-9/h1-2,5,9,13-14H,3-4,6-8H2. The van der Waals surface area contributed by atoms with Crippen molar-refractivity contribution in [3.05, 3.63) is 23.8 Å². The smallest absolute Gasteiger partial charge is 0.122 e. The predicted molar refractivity (Wildman–Crippen MR) is 60.5 cm³/mol. The minimum absolute atomic E-state index is 0.800. The number of nitrogens with one attached hydrogen (secondary N) is 2. The van der Waals surface area contributed by atoms with E-state index in [2.05, 4.69) is 28.8 Å². The summed E-state index contributed by atoms with van der Waals surface area (Å²) < 4.78 is 5.47. The SMILES string of the molecule is c1cc2c(cc1NCC1CNC1)CCO2. The second kappa shape index (κ2) is 3.74. The first-order chi connectivity index (χ1) is 7.42. The van der Waals surface area contributed by atoms with Gasteiger partial charge >= 0.3 is 0 Å². The van der Waals surface area contributed by atoms with Crippen molar-refractivity contribution in [3.8, 4) is 5.75 Å². The molecule has 15 heavy (non-hydrogen) atoms. The zero-order valence-corrected chi connectivity index (χ0v) is 8.75. The van der Waals surface area contributed by atoms with Crippen molar-refractivity contribution in [1.82, 2.24) is 5.32 Å². The molecule has 1 aromatic rings. The molecule has 0 bridgehead atoms. The second-order valence-corrected chi connectivity index (χ2v) is 4.33. The first-order valence-corrected chi connectivity index (χ1v) is 5.62. The maximum absolute atomic E-state index is 5.47. The van der Waals surface area contributed by atoms with Gasteiger partial charge in [0.05, 0.1) is 6.61 Å². The lowest BCUT2D eigenvalue weighted by Crippen LogP contribution is -2.45. The number of rotatable bonds is 3. The summed E-state index contributed by atoms with van der Waals surface area (Å²) in [5.74, 6) is 1.86. The maximum atomic E-state index is 5.47. The monoisotopic (exact) mass is 204 g/mol. The molecule has 0 amide bonds. The van der Waals surface area contributed by atoms with Crippen LogP contribution in [0.25, 0.3) is 0 Å². The Morgan fingerprint density at radius 3 is 3.13 bits per heavy atom. The van der Waals surface area contributed by atoms with Crippen LogP contribution >= 0.6 is 0 Å². The van der Waals surface area contributed by atoms with E-state index in [0.29, 0.717) is 0 Å². The minimum atomic E-state index is 0.800. The Hall–Kier alpha value is -1.22. The molecule has 1 saturated heterocycles. The molecule has 3 heteroatoms. The van der Waals surface area contributed by atoms with Crippen molar-refractivity contribution < 1.29 is 4.74 Å². The highest BCUT2D eigenvalue weighted by Crippen LogP contribution is 2.27. The third-order valence-electron chi connectivity index (χ3n) is 3.15. The Labute approximate surface area is 89.8 Å². The summed E-state index contributed by atoms with van der Waals surface area (Å²) in [4.78, 5) is 0. The van der Waals surface area contributed by atoms with Crippen LogP contribution in [0.2, 0.25) is 0 Å². The molecule has 0 saturated carbocycles. The van der Waals surface area contributed by atoms with Crippen molar-refractivity contribution in [1.29, 1.82) is 0 Å². The van der Waals surface area contributed by atoms with Crippen LogP contribution < -0.4 is 15.4 Å². The van der Waals surface area contributed by atoms with E-state index in [9.17, 15) is 0 Å².